The van der Waals surface area contributed by atoms with Gasteiger partial charge in [-0.2, -0.15) is 5.10 Å². The van der Waals surface area contributed by atoms with E-state index in [0.29, 0.717) is 17.0 Å². The number of aryl methyl sites for hydroxylation is 1. The number of aliphatic carboxylic acids is 1. The van der Waals surface area contributed by atoms with Gasteiger partial charge in [-0.3, -0.25) is 9.48 Å². The fourth-order valence-electron chi connectivity index (χ4n) is 2.11. The van der Waals surface area contributed by atoms with Crippen LogP contribution in [0.2, 0.25) is 0 Å². The number of ether oxygens (including phenoxy) is 1. The number of aromatic nitrogens is 2. The average molecular weight is 317 g/mol. The number of benzene rings is 1. The molecule has 2 N–H and O–H groups in total. The van der Waals surface area contributed by atoms with E-state index >= 15 is 0 Å². The molecule has 0 radical (unpaired) electrons. The first kappa shape index (κ1) is 16.5. The van der Waals surface area contributed by atoms with Crippen LogP contribution in [-0.2, 0) is 11.8 Å². The fraction of sp³-hybridized carbons (Fsp3) is 0.312. The lowest BCUT2D eigenvalue weighted by atomic mass is 10.1. The van der Waals surface area contributed by atoms with Gasteiger partial charge in [0.2, 0.25) is 0 Å². The van der Waals surface area contributed by atoms with Crippen molar-refractivity contribution in [3.8, 4) is 5.75 Å². The third kappa shape index (κ3) is 4.32. The summed E-state index contributed by atoms with van der Waals surface area (Å²) in [5.41, 5.74) is 1.76. The first-order valence-corrected chi connectivity index (χ1v) is 7.16. The summed E-state index contributed by atoms with van der Waals surface area (Å²) in [6, 6.07) is 6.59. The molecule has 2 aromatic rings. The molecule has 0 aliphatic rings. The molecule has 122 valence electrons. The third-order valence-corrected chi connectivity index (χ3v) is 3.10. The van der Waals surface area contributed by atoms with Gasteiger partial charge in [0, 0.05) is 25.0 Å². The summed E-state index contributed by atoms with van der Waals surface area (Å²) in [5, 5.41) is 15.7. The molecule has 0 aliphatic carbocycles. The van der Waals surface area contributed by atoms with Gasteiger partial charge in [-0.05, 0) is 18.1 Å². The number of nitrogens with one attached hydrogen (secondary N) is 1. The Kier molecular flexibility index (Phi) is 5.00. The maximum Gasteiger partial charge on any atom is 0.341 e. The number of carboxylic acid groups (broad SMARTS) is 1. The lowest BCUT2D eigenvalue weighted by Gasteiger charge is -2.09. The summed E-state index contributed by atoms with van der Waals surface area (Å²) in [6.45, 7) is 3.51. The number of carbonyl (C=O) groups is 2. The molecule has 0 unspecified atom stereocenters. The van der Waals surface area contributed by atoms with Crippen molar-refractivity contribution >= 4 is 17.6 Å². The van der Waals surface area contributed by atoms with Gasteiger partial charge in [-0.25, -0.2) is 4.79 Å². The third-order valence-electron chi connectivity index (χ3n) is 3.10. The molecule has 7 nitrogen and oxygen atoms in total. The Labute approximate surface area is 133 Å². The zero-order chi connectivity index (χ0) is 17.0. The summed E-state index contributed by atoms with van der Waals surface area (Å²) in [5.74, 6) is -0.823. The van der Waals surface area contributed by atoms with Crippen molar-refractivity contribution in [1.82, 2.24) is 9.78 Å². The molecule has 0 fully saturated rings. The highest BCUT2D eigenvalue weighted by atomic mass is 16.5. The Bertz CT molecular complexity index is 722. The second-order valence-corrected chi connectivity index (χ2v) is 5.42. The number of hydrogen-bond donors (Lipinski definition) is 2. The van der Waals surface area contributed by atoms with Crippen molar-refractivity contribution in [2.45, 2.75) is 19.8 Å². The van der Waals surface area contributed by atoms with Gasteiger partial charge in [-0.1, -0.05) is 19.9 Å². The van der Waals surface area contributed by atoms with Crippen LogP contribution in [0.4, 0.5) is 5.69 Å². The van der Waals surface area contributed by atoms with E-state index in [1.54, 1.807) is 42.2 Å². The van der Waals surface area contributed by atoms with E-state index in [0.717, 1.165) is 5.69 Å². The summed E-state index contributed by atoms with van der Waals surface area (Å²) in [4.78, 5) is 23.0. The highest BCUT2D eigenvalue weighted by molar-refractivity contribution is 6.05. The molecule has 1 aromatic carbocycles. The van der Waals surface area contributed by atoms with E-state index in [-0.39, 0.29) is 11.8 Å². The standard InChI is InChI=1S/C16H19N3O4/c1-10(2)15-13(8-19(3)18-15)16(22)17-11-5-4-6-12(7-11)23-9-14(20)21/h4-8,10H,9H2,1-3H3,(H,17,22)(H,20,21). The van der Waals surface area contributed by atoms with Gasteiger partial charge in [0.05, 0.1) is 11.3 Å². The van der Waals surface area contributed by atoms with Crippen LogP contribution in [0.25, 0.3) is 0 Å². The summed E-state index contributed by atoms with van der Waals surface area (Å²) in [7, 11) is 1.77. The molecule has 2 rings (SSSR count). The molecule has 7 heteroatoms. The van der Waals surface area contributed by atoms with Gasteiger partial charge in [0.15, 0.2) is 6.61 Å². The predicted molar refractivity (Wildman–Crippen MR) is 84.8 cm³/mol. The van der Waals surface area contributed by atoms with Crippen molar-refractivity contribution in [2.75, 3.05) is 11.9 Å². The summed E-state index contributed by atoms with van der Waals surface area (Å²) >= 11 is 0. The topological polar surface area (TPSA) is 93.5 Å². The molecule has 0 spiro atoms. The number of nitrogens with zero attached hydrogens (tertiary/aromatic N) is 2. The molecule has 1 amide bonds. The van der Waals surface area contributed by atoms with E-state index in [1.165, 1.54) is 0 Å². The van der Waals surface area contributed by atoms with Crippen LogP contribution < -0.4 is 10.1 Å². The zero-order valence-corrected chi connectivity index (χ0v) is 13.2. The van der Waals surface area contributed by atoms with Crippen LogP contribution >= 0.6 is 0 Å². The normalized spacial score (nSPS) is 10.6. The predicted octanol–water partition coefficient (Wildman–Crippen LogP) is 2.26. The monoisotopic (exact) mass is 317 g/mol. The molecule has 0 aliphatic heterocycles. The van der Waals surface area contributed by atoms with Gasteiger partial charge in [0.1, 0.15) is 5.75 Å². The Hall–Kier alpha value is -2.83. The number of amides is 1. The molecule has 1 aromatic heterocycles. The van der Waals surface area contributed by atoms with Crippen molar-refractivity contribution < 1.29 is 19.4 Å². The lowest BCUT2D eigenvalue weighted by molar-refractivity contribution is -0.139. The molecular formula is C16H19N3O4. The van der Waals surface area contributed by atoms with Crippen molar-refractivity contribution in [2.24, 2.45) is 7.05 Å². The van der Waals surface area contributed by atoms with Gasteiger partial charge in [-0.15, -0.1) is 0 Å². The number of rotatable bonds is 6. The summed E-state index contributed by atoms with van der Waals surface area (Å²) in [6.07, 6.45) is 1.68. The van der Waals surface area contributed by atoms with Crippen LogP contribution in [0, 0.1) is 0 Å². The minimum atomic E-state index is -1.06. The second kappa shape index (κ2) is 6.95. The maximum absolute atomic E-state index is 12.4. The number of carbonyl (C=O) groups excluding carboxylic acids is 1. The van der Waals surface area contributed by atoms with E-state index in [1.807, 2.05) is 13.8 Å². The highest BCUT2D eigenvalue weighted by Gasteiger charge is 2.18. The molecule has 23 heavy (non-hydrogen) atoms. The highest BCUT2D eigenvalue weighted by Crippen LogP contribution is 2.21. The van der Waals surface area contributed by atoms with Crippen LogP contribution in [0.5, 0.6) is 5.75 Å². The first-order chi connectivity index (χ1) is 10.9. The van der Waals surface area contributed by atoms with Crippen LogP contribution in [0.15, 0.2) is 30.5 Å². The van der Waals surface area contributed by atoms with E-state index < -0.39 is 12.6 Å². The number of anilines is 1. The van der Waals surface area contributed by atoms with E-state index in [2.05, 4.69) is 10.4 Å². The maximum atomic E-state index is 12.4. The molecule has 1 heterocycles. The fourth-order valence-corrected chi connectivity index (χ4v) is 2.11. The number of hydrogen-bond acceptors (Lipinski definition) is 4. The van der Waals surface area contributed by atoms with Gasteiger partial charge < -0.3 is 15.2 Å². The summed E-state index contributed by atoms with van der Waals surface area (Å²) < 4.78 is 6.70. The van der Waals surface area contributed by atoms with Crippen LogP contribution in [0.3, 0.4) is 0 Å². The molecule has 0 saturated carbocycles. The second-order valence-electron chi connectivity index (χ2n) is 5.42. The SMILES string of the molecule is CC(C)c1nn(C)cc1C(=O)Nc1cccc(OCC(=O)O)c1. The van der Waals surface area contributed by atoms with Crippen molar-refractivity contribution in [3.05, 3.63) is 41.7 Å². The van der Waals surface area contributed by atoms with Gasteiger partial charge >= 0.3 is 5.97 Å². The lowest BCUT2D eigenvalue weighted by Crippen LogP contribution is -2.14. The smallest absolute Gasteiger partial charge is 0.341 e. The molecule has 0 saturated heterocycles. The van der Waals surface area contributed by atoms with E-state index in [9.17, 15) is 9.59 Å². The zero-order valence-electron chi connectivity index (χ0n) is 13.2. The minimum absolute atomic E-state index is 0.127. The quantitative estimate of drug-likeness (QED) is 0.852. The Balaban J connectivity index is 2.14. The van der Waals surface area contributed by atoms with Crippen molar-refractivity contribution in [1.29, 1.82) is 0 Å². The molecular weight excluding hydrogens is 298 g/mol. The molecule has 0 bridgehead atoms. The first-order valence-electron chi connectivity index (χ1n) is 7.16. The number of carboxylic acids is 1. The average Bonchev–Trinajstić information content (AvgIpc) is 2.88. The van der Waals surface area contributed by atoms with Crippen molar-refractivity contribution in [3.63, 3.8) is 0 Å². The molecule has 0 atom stereocenters. The Morgan fingerprint density at radius 2 is 2.13 bits per heavy atom. The Morgan fingerprint density at radius 3 is 2.78 bits per heavy atom. The Morgan fingerprint density at radius 1 is 1.39 bits per heavy atom. The van der Waals surface area contributed by atoms with Crippen LogP contribution in [-0.4, -0.2) is 33.4 Å². The van der Waals surface area contributed by atoms with Crippen LogP contribution in [0.1, 0.15) is 35.8 Å². The largest absolute Gasteiger partial charge is 0.482 e. The van der Waals surface area contributed by atoms with Gasteiger partial charge in [0.25, 0.3) is 5.91 Å². The minimum Gasteiger partial charge on any atom is -0.482 e. The van der Waals surface area contributed by atoms with E-state index in [4.69, 9.17) is 9.84 Å².